The van der Waals surface area contributed by atoms with E-state index in [1.807, 2.05) is 30.3 Å². The van der Waals surface area contributed by atoms with Crippen LogP contribution in [0, 0.1) is 6.92 Å². The Kier molecular flexibility index (Phi) is 2.25. The summed E-state index contributed by atoms with van der Waals surface area (Å²) in [5.41, 5.74) is 6.74. The summed E-state index contributed by atoms with van der Waals surface area (Å²) < 4.78 is 0. The van der Waals surface area contributed by atoms with Gasteiger partial charge in [-0.15, -0.1) is 0 Å². The van der Waals surface area contributed by atoms with Crippen LogP contribution in [0.5, 0.6) is 0 Å². The second-order valence-electron chi connectivity index (χ2n) is 3.29. The Morgan fingerprint density at radius 1 is 1.27 bits per heavy atom. The molecule has 76 valence electrons. The summed E-state index contributed by atoms with van der Waals surface area (Å²) in [5, 5.41) is 0. The number of anilines is 1. The van der Waals surface area contributed by atoms with Crippen molar-refractivity contribution >= 4 is 5.82 Å². The van der Waals surface area contributed by atoms with Crippen molar-refractivity contribution in [2.24, 2.45) is 0 Å². The number of rotatable bonds is 1. The summed E-state index contributed by atoms with van der Waals surface area (Å²) in [4.78, 5) is 18.3. The summed E-state index contributed by atoms with van der Waals surface area (Å²) in [6.07, 6.45) is 0. The van der Waals surface area contributed by atoms with E-state index in [4.69, 9.17) is 5.73 Å². The Hall–Kier alpha value is -2.10. The highest BCUT2D eigenvalue weighted by Gasteiger charge is 2.05. The molecule has 1 aromatic heterocycles. The van der Waals surface area contributed by atoms with Crippen LogP contribution in [0.4, 0.5) is 5.82 Å². The van der Waals surface area contributed by atoms with Gasteiger partial charge in [0.1, 0.15) is 11.6 Å². The Balaban J connectivity index is 2.61. The van der Waals surface area contributed by atoms with Crippen molar-refractivity contribution in [1.82, 2.24) is 9.97 Å². The minimum Gasteiger partial charge on any atom is -0.383 e. The van der Waals surface area contributed by atoms with E-state index in [1.165, 1.54) is 0 Å². The molecule has 2 aromatic rings. The van der Waals surface area contributed by atoms with Crippen molar-refractivity contribution in [2.45, 2.75) is 6.92 Å². The molecule has 0 bridgehead atoms. The van der Waals surface area contributed by atoms with E-state index >= 15 is 0 Å². The van der Waals surface area contributed by atoms with Gasteiger partial charge in [-0.05, 0) is 6.92 Å². The summed E-state index contributed by atoms with van der Waals surface area (Å²) >= 11 is 0. The normalized spacial score (nSPS) is 10.2. The zero-order valence-corrected chi connectivity index (χ0v) is 8.32. The van der Waals surface area contributed by atoms with Gasteiger partial charge in [-0.25, -0.2) is 4.98 Å². The quantitative estimate of drug-likeness (QED) is 0.731. The van der Waals surface area contributed by atoms with Crippen molar-refractivity contribution < 1.29 is 0 Å². The van der Waals surface area contributed by atoms with Crippen LogP contribution >= 0.6 is 0 Å². The Labute approximate surface area is 86.8 Å². The first kappa shape index (κ1) is 9.45. The number of nitrogens with two attached hydrogens (primary N) is 1. The fourth-order valence-corrected chi connectivity index (χ4v) is 1.28. The van der Waals surface area contributed by atoms with Crippen LogP contribution in [-0.2, 0) is 0 Å². The number of aromatic nitrogens is 2. The molecule has 0 amide bonds. The number of H-pyrrole nitrogens is 1. The molecule has 3 N–H and O–H groups in total. The summed E-state index contributed by atoms with van der Waals surface area (Å²) in [7, 11) is 0. The molecule has 0 fully saturated rings. The monoisotopic (exact) mass is 201 g/mol. The average Bonchev–Trinajstić information content (AvgIpc) is 2.26. The molecule has 0 unspecified atom stereocenters. The summed E-state index contributed by atoms with van der Waals surface area (Å²) in [5.74, 6) is 0.779. The third-order valence-electron chi connectivity index (χ3n) is 2.24. The van der Waals surface area contributed by atoms with Crippen LogP contribution in [0.2, 0.25) is 0 Å². The highest BCUT2D eigenvalue weighted by atomic mass is 16.1. The highest BCUT2D eigenvalue weighted by molar-refractivity contribution is 5.57. The van der Waals surface area contributed by atoms with Crippen LogP contribution < -0.4 is 11.3 Å². The number of nitrogens with one attached hydrogen (secondary N) is 1. The topological polar surface area (TPSA) is 71.8 Å². The molecule has 15 heavy (non-hydrogen) atoms. The zero-order chi connectivity index (χ0) is 10.8. The molecule has 4 heteroatoms. The standard InChI is InChI=1S/C11H11N3O/c1-7-9(12)13-10(14-11(7)15)8-5-3-2-4-6-8/h2-6H,1H3,(H3,12,13,14,15). The maximum atomic E-state index is 11.5. The highest BCUT2D eigenvalue weighted by Crippen LogP contribution is 2.14. The molecule has 1 heterocycles. The first-order valence-electron chi connectivity index (χ1n) is 4.60. The van der Waals surface area contributed by atoms with Crippen LogP contribution in [-0.4, -0.2) is 9.97 Å². The average molecular weight is 201 g/mol. The minimum atomic E-state index is -0.193. The van der Waals surface area contributed by atoms with Crippen molar-refractivity contribution in [3.8, 4) is 11.4 Å². The molecule has 4 nitrogen and oxygen atoms in total. The van der Waals surface area contributed by atoms with Gasteiger partial charge in [0.25, 0.3) is 5.56 Å². The Bertz CT molecular complexity index is 531. The third kappa shape index (κ3) is 1.74. The Morgan fingerprint density at radius 2 is 1.93 bits per heavy atom. The van der Waals surface area contributed by atoms with Gasteiger partial charge in [0.05, 0.1) is 5.56 Å². The van der Waals surface area contributed by atoms with E-state index in [1.54, 1.807) is 6.92 Å². The summed E-state index contributed by atoms with van der Waals surface area (Å²) in [6.45, 7) is 1.65. The molecular formula is C11H11N3O. The maximum absolute atomic E-state index is 11.5. The van der Waals surface area contributed by atoms with E-state index in [0.717, 1.165) is 5.56 Å². The fraction of sp³-hybridized carbons (Fsp3) is 0.0909. The van der Waals surface area contributed by atoms with Gasteiger partial charge in [-0.2, -0.15) is 0 Å². The van der Waals surface area contributed by atoms with E-state index in [0.29, 0.717) is 11.4 Å². The smallest absolute Gasteiger partial charge is 0.256 e. The van der Waals surface area contributed by atoms with Crippen LogP contribution in [0.1, 0.15) is 5.56 Å². The maximum Gasteiger partial charge on any atom is 0.256 e. The predicted molar refractivity (Wildman–Crippen MR) is 59.4 cm³/mol. The van der Waals surface area contributed by atoms with E-state index < -0.39 is 0 Å². The predicted octanol–water partition coefficient (Wildman–Crippen LogP) is 1.33. The second-order valence-corrected chi connectivity index (χ2v) is 3.29. The molecule has 0 aliphatic heterocycles. The fourth-order valence-electron chi connectivity index (χ4n) is 1.28. The second kappa shape index (κ2) is 3.57. The molecule has 1 aromatic carbocycles. The lowest BCUT2D eigenvalue weighted by Crippen LogP contribution is -2.15. The van der Waals surface area contributed by atoms with E-state index in [2.05, 4.69) is 9.97 Å². The van der Waals surface area contributed by atoms with Gasteiger partial charge in [0, 0.05) is 5.56 Å². The van der Waals surface area contributed by atoms with Crippen molar-refractivity contribution in [3.63, 3.8) is 0 Å². The lowest BCUT2D eigenvalue weighted by molar-refractivity contribution is 1.10. The van der Waals surface area contributed by atoms with Crippen molar-refractivity contribution in [1.29, 1.82) is 0 Å². The van der Waals surface area contributed by atoms with E-state index in [-0.39, 0.29) is 11.4 Å². The molecule has 2 rings (SSSR count). The minimum absolute atomic E-state index is 0.193. The molecule has 0 saturated heterocycles. The molecule has 0 saturated carbocycles. The Morgan fingerprint density at radius 3 is 2.53 bits per heavy atom. The SMILES string of the molecule is Cc1c(N)nc(-c2ccccc2)[nH]c1=O. The van der Waals surface area contributed by atoms with Gasteiger partial charge >= 0.3 is 0 Å². The number of hydrogen-bond donors (Lipinski definition) is 2. The van der Waals surface area contributed by atoms with Crippen molar-refractivity contribution in [3.05, 3.63) is 46.2 Å². The zero-order valence-electron chi connectivity index (χ0n) is 8.32. The lowest BCUT2D eigenvalue weighted by atomic mass is 10.2. The lowest BCUT2D eigenvalue weighted by Gasteiger charge is -2.03. The third-order valence-corrected chi connectivity index (χ3v) is 2.24. The van der Waals surface area contributed by atoms with Crippen LogP contribution in [0.3, 0.4) is 0 Å². The number of aromatic amines is 1. The van der Waals surface area contributed by atoms with Gasteiger partial charge in [-0.1, -0.05) is 30.3 Å². The number of hydrogen-bond acceptors (Lipinski definition) is 3. The molecule has 0 spiro atoms. The first-order chi connectivity index (χ1) is 7.18. The first-order valence-corrected chi connectivity index (χ1v) is 4.60. The largest absolute Gasteiger partial charge is 0.383 e. The molecule has 0 aliphatic rings. The molecule has 0 radical (unpaired) electrons. The number of nitrogens with zero attached hydrogens (tertiary/aromatic N) is 1. The van der Waals surface area contributed by atoms with E-state index in [9.17, 15) is 4.79 Å². The molecule has 0 atom stereocenters. The van der Waals surface area contributed by atoms with Gasteiger partial charge in [-0.3, -0.25) is 4.79 Å². The van der Waals surface area contributed by atoms with Crippen molar-refractivity contribution in [2.75, 3.05) is 5.73 Å². The molecular weight excluding hydrogens is 190 g/mol. The number of benzene rings is 1. The molecule has 0 aliphatic carbocycles. The van der Waals surface area contributed by atoms with Crippen LogP contribution in [0.15, 0.2) is 35.1 Å². The number of nitrogen functional groups attached to an aromatic ring is 1. The van der Waals surface area contributed by atoms with Gasteiger partial charge in [0.2, 0.25) is 0 Å². The van der Waals surface area contributed by atoms with Crippen LogP contribution in [0.25, 0.3) is 11.4 Å². The summed E-state index contributed by atoms with van der Waals surface area (Å²) in [6, 6.07) is 9.40. The van der Waals surface area contributed by atoms with Gasteiger partial charge in [0.15, 0.2) is 0 Å². The van der Waals surface area contributed by atoms with Gasteiger partial charge < -0.3 is 10.7 Å².